The van der Waals surface area contributed by atoms with Gasteiger partial charge in [0.25, 0.3) is 5.91 Å². The molecular formula is C18H17FN2O3. The van der Waals surface area contributed by atoms with Crippen molar-refractivity contribution in [2.24, 2.45) is 5.10 Å². The number of halogens is 1. The van der Waals surface area contributed by atoms with Gasteiger partial charge in [0.2, 0.25) is 0 Å². The van der Waals surface area contributed by atoms with Gasteiger partial charge in [-0.15, -0.1) is 6.58 Å². The maximum absolute atomic E-state index is 12.7. The van der Waals surface area contributed by atoms with Gasteiger partial charge in [-0.3, -0.25) is 4.79 Å². The molecule has 0 atom stereocenters. The Morgan fingerprint density at radius 1 is 1.29 bits per heavy atom. The van der Waals surface area contributed by atoms with Crippen LogP contribution in [0.25, 0.3) is 0 Å². The van der Waals surface area contributed by atoms with E-state index in [4.69, 9.17) is 4.74 Å². The summed E-state index contributed by atoms with van der Waals surface area (Å²) >= 11 is 0. The van der Waals surface area contributed by atoms with Crippen LogP contribution in [0, 0.1) is 5.82 Å². The number of rotatable bonds is 7. The number of aromatic hydroxyl groups is 1. The lowest BCUT2D eigenvalue weighted by Crippen LogP contribution is -2.24. The minimum Gasteiger partial charge on any atom is -0.507 e. The number of amides is 1. The van der Waals surface area contributed by atoms with Crippen LogP contribution < -0.4 is 10.2 Å². The van der Waals surface area contributed by atoms with E-state index >= 15 is 0 Å². The molecule has 0 radical (unpaired) electrons. The zero-order valence-corrected chi connectivity index (χ0v) is 12.9. The number of benzene rings is 2. The predicted octanol–water partition coefficient (Wildman–Crippen LogP) is 2.79. The first-order valence-electron chi connectivity index (χ1n) is 7.22. The summed E-state index contributed by atoms with van der Waals surface area (Å²) in [6, 6.07) is 10.6. The molecule has 6 heteroatoms. The van der Waals surface area contributed by atoms with Crippen LogP contribution in [0.5, 0.6) is 11.5 Å². The highest BCUT2D eigenvalue weighted by Gasteiger charge is 2.05. The third kappa shape index (κ3) is 4.95. The number of nitrogens with one attached hydrogen (secondary N) is 1. The van der Waals surface area contributed by atoms with Crippen molar-refractivity contribution in [1.29, 1.82) is 0 Å². The number of hydrazone groups is 1. The second kappa shape index (κ2) is 8.47. The summed E-state index contributed by atoms with van der Waals surface area (Å²) in [5.74, 6) is -0.379. The zero-order chi connectivity index (χ0) is 17.4. The number of phenolic OH excluding ortho intramolecular Hbond substituents is 1. The minimum atomic E-state index is -0.475. The smallest absolute Gasteiger partial charge is 0.277 e. The molecule has 0 bridgehead atoms. The number of nitrogens with zero attached hydrogens (tertiary/aromatic N) is 1. The molecule has 0 unspecified atom stereocenters. The van der Waals surface area contributed by atoms with Crippen LogP contribution in [0.2, 0.25) is 0 Å². The van der Waals surface area contributed by atoms with E-state index in [2.05, 4.69) is 17.1 Å². The summed E-state index contributed by atoms with van der Waals surface area (Å²) in [6.07, 6.45) is 3.56. The van der Waals surface area contributed by atoms with E-state index in [9.17, 15) is 14.3 Å². The van der Waals surface area contributed by atoms with E-state index < -0.39 is 5.91 Å². The van der Waals surface area contributed by atoms with Crippen molar-refractivity contribution in [2.75, 3.05) is 6.61 Å². The molecule has 0 aliphatic carbocycles. The second-order valence-corrected chi connectivity index (χ2v) is 4.88. The molecule has 0 aliphatic rings. The normalized spacial score (nSPS) is 10.5. The molecule has 1 amide bonds. The summed E-state index contributed by atoms with van der Waals surface area (Å²) in [5, 5.41) is 13.8. The number of ether oxygens (including phenoxy) is 1. The quantitative estimate of drug-likeness (QED) is 0.466. The maximum atomic E-state index is 12.7. The second-order valence-electron chi connectivity index (χ2n) is 4.88. The minimum absolute atomic E-state index is 0.0953. The lowest BCUT2D eigenvalue weighted by atomic mass is 10.1. The number of para-hydroxylation sites is 1. The average Bonchev–Trinajstić information content (AvgIpc) is 2.58. The average molecular weight is 328 g/mol. The van der Waals surface area contributed by atoms with E-state index in [-0.39, 0.29) is 18.2 Å². The molecule has 0 heterocycles. The van der Waals surface area contributed by atoms with Gasteiger partial charge in [0.1, 0.15) is 17.3 Å². The van der Waals surface area contributed by atoms with E-state index in [0.29, 0.717) is 17.7 Å². The molecule has 2 N–H and O–H groups in total. The topological polar surface area (TPSA) is 70.9 Å². The standard InChI is InChI=1S/C18H17FN2O3/c1-2-4-13-5-3-6-14(18(13)23)11-20-21-17(22)12-24-16-9-7-15(19)8-10-16/h2-3,5-11,23H,1,4,12H2,(H,21,22)/b20-11-. The van der Waals surface area contributed by atoms with Crippen molar-refractivity contribution in [2.45, 2.75) is 6.42 Å². The Hall–Kier alpha value is -3.15. The van der Waals surface area contributed by atoms with Crippen LogP contribution in [0.4, 0.5) is 4.39 Å². The van der Waals surface area contributed by atoms with Crippen LogP contribution >= 0.6 is 0 Å². The van der Waals surface area contributed by atoms with Crippen LogP contribution in [0.1, 0.15) is 11.1 Å². The van der Waals surface area contributed by atoms with Crippen molar-refractivity contribution in [3.63, 3.8) is 0 Å². The summed E-state index contributed by atoms with van der Waals surface area (Å²) in [5.41, 5.74) is 3.49. The fourth-order valence-electron chi connectivity index (χ4n) is 1.92. The van der Waals surface area contributed by atoms with Crippen LogP contribution in [0.3, 0.4) is 0 Å². The van der Waals surface area contributed by atoms with Gasteiger partial charge in [-0.2, -0.15) is 5.10 Å². The summed E-state index contributed by atoms with van der Waals surface area (Å²) in [4.78, 5) is 11.6. The molecule has 24 heavy (non-hydrogen) atoms. The maximum Gasteiger partial charge on any atom is 0.277 e. The van der Waals surface area contributed by atoms with E-state index in [0.717, 1.165) is 5.56 Å². The molecule has 124 valence electrons. The Morgan fingerprint density at radius 2 is 2.04 bits per heavy atom. The van der Waals surface area contributed by atoms with Crippen LogP contribution in [-0.2, 0) is 11.2 Å². The fraction of sp³-hybridized carbons (Fsp3) is 0.111. The Morgan fingerprint density at radius 3 is 2.75 bits per heavy atom. The van der Waals surface area contributed by atoms with E-state index in [1.165, 1.54) is 30.5 Å². The molecule has 2 rings (SSSR count). The van der Waals surface area contributed by atoms with Crippen molar-refractivity contribution in [1.82, 2.24) is 5.43 Å². The summed E-state index contributed by atoms with van der Waals surface area (Å²) in [6.45, 7) is 3.37. The highest BCUT2D eigenvalue weighted by atomic mass is 19.1. The van der Waals surface area contributed by atoms with Crippen LogP contribution in [-0.4, -0.2) is 23.8 Å². The summed E-state index contributed by atoms with van der Waals surface area (Å²) < 4.78 is 17.9. The third-order valence-electron chi connectivity index (χ3n) is 3.09. The molecule has 2 aromatic rings. The number of allylic oxidation sites excluding steroid dienone is 1. The van der Waals surface area contributed by atoms with Gasteiger partial charge in [0, 0.05) is 5.56 Å². The molecule has 0 spiro atoms. The van der Waals surface area contributed by atoms with E-state index in [1.54, 1.807) is 24.3 Å². The molecule has 0 saturated heterocycles. The van der Waals surface area contributed by atoms with Gasteiger partial charge in [-0.25, -0.2) is 9.82 Å². The van der Waals surface area contributed by atoms with Crippen molar-refractivity contribution < 1.29 is 19.0 Å². The molecular weight excluding hydrogens is 311 g/mol. The largest absolute Gasteiger partial charge is 0.507 e. The fourth-order valence-corrected chi connectivity index (χ4v) is 1.92. The van der Waals surface area contributed by atoms with Gasteiger partial charge in [0.15, 0.2) is 6.61 Å². The Balaban J connectivity index is 1.87. The Bertz CT molecular complexity index is 742. The van der Waals surface area contributed by atoms with Crippen molar-refractivity contribution >= 4 is 12.1 Å². The zero-order valence-electron chi connectivity index (χ0n) is 12.9. The molecule has 5 nitrogen and oxygen atoms in total. The first-order chi connectivity index (χ1) is 11.6. The number of carbonyl (C=O) groups excluding carboxylic acids is 1. The molecule has 0 fully saturated rings. The van der Waals surface area contributed by atoms with E-state index in [1.807, 2.05) is 0 Å². The molecule has 0 aromatic heterocycles. The van der Waals surface area contributed by atoms with Crippen molar-refractivity contribution in [3.8, 4) is 11.5 Å². The van der Waals surface area contributed by atoms with Gasteiger partial charge < -0.3 is 9.84 Å². The number of hydrogen-bond acceptors (Lipinski definition) is 4. The highest BCUT2D eigenvalue weighted by Crippen LogP contribution is 2.21. The third-order valence-corrected chi connectivity index (χ3v) is 3.09. The monoisotopic (exact) mass is 328 g/mol. The number of hydrogen-bond donors (Lipinski definition) is 2. The Kier molecular flexibility index (Phi) is 6.08. The lowest BCUT2D eigenvalue weighted by Gasteiger charge is -2.05. The van der Waals surface area contributed by atoms with Gasteiger partial charge in [-0.1, -0.05) is 18.2 Å². The number of phenols is 1. The first-order valence-corrected chi connectivity index (χ1v) is 7.22. The highest BCUT2D eigenvalue weighted by molar-refractivity contribution is 5.86. The van der Waals surface area contributed by atoms with Crippen molar-refractivity contribution in [3.05, 3.63) is 72.1 Å². The molecule has 0 saturated carbocycles. The predicted molar refractivity (Wildman–Crippen MR) is 89.6 cm³/mol. The number of carbonyl (C=O) groups is 1. The summed E-state index contributed by atoms with van der Waals surface area (Å²) in [7, 11) is 0. The van der Waals surface area contributed by atoms with Gasteiger partial charge >= 0.3 is 0 Å². The molecule has 0 aliphatic heterocycles. The lowest BCUT2D eigenvalue weighted by molar-refractivity contribution is -0.123. The van der Waals surface area contributed by atoms with Crippen LogP contribution in [0.15, 0.2) is 60.2 Å². The SMILES string of the molecule is C=CCc1cccc(/C=N\NC(=O)COc2ccc(F)cc2)c1O. The van der Waals surface area contributed by atoms with Gasteiger partial charge in [0.05, 0.1) is 6.21 Å². The first kappa shape index (κ1) is 17.2. The molecule has 2 aromatic carbocycles. The van der Waals surface area contributed by atoms with Gasteiger partial charge in [-0.05, 0) is 42.3 Å². The Labute approximate surface area is 139 Å².